The smallest absolute Gasteiger partial charge is 0.410 e. The fourth-order valence-corrected chi connectivity index (χ4v) is 5.56. The Bertz CT molecular complexity index is 1390. The highest BCUT2D eigenvalue weighted by atomic mass is 32.1. The summed E-state index contributed by atoms with van der Waals surface area (Å²) >= 11 is 1.42. The first kappa shape index (κ1) is 25.6. The summed E-state index contributed by atoms with van der Waals surface area (Å²) in [5.74, 6) is -0.857. The van der Waals surface area contributed by atoms with Crippen LogP contribution in [0, 0.1) is 17.1 Å². The van der Waals surface area contributed by atoms with Crippen molar-refractivity contribution in [1.29, 1.82) is 5.26 Å². The van der Waals surface area contributed by atoms with Crippen molar-refractivity contribution in [3.8, 4) is 22.3 Å². The molecule has 2 fully saturated rings. The number of hydrogen-bond acceptors (Lipinski definition) is 8. The van der Waals surface area contributed by atoms with Gasteiger partial charge in [-0.1, -0.05) is 12.1 Å². The number of hydrogen-bond donors (Lipinski definition) is 2. The number of thiazole rings is 1. The fourth-order valence-electron chi connectivity index (χ4n) is 4.61. The van der Waals surface area contributed by atoms with E-state index in [1.54, 1.807) is 35.4 Å². The van der Waals surface area contributed by atoms with E-state index in [2.05, 4.69) is 15.6 Å². The summed E-state index contributed by atoms with van der Waals surface area (Å²) in [5.41, 5.74) is 1.69. The maximum atomic E-state index is 15.3. The van der Waals surface area contributed by atoms with Crippen molar-refractivity contribution >= 4 is 23.3 Å². The van der Waals surface area contributed by atoms with Crippen molar-refractivity contribution in [2.24, 2.45) is 0 Å². The highest BCUT2D eigenvalue weighted by Gasteiger charge is 2.39. The zero-order chi connectivity index (χ0) is 26.6. The summed E-state index contributed by atoms with van der Waals surface area (Å²) in [5, 5.41) is 15.6. The van der Waals surface area contributed by atoms with Gasteiger partial charge < -0.3 is 25.0 Å². The number of carbonyl (C=O) groups excluding carboxylic acids is 2. The predicted octanol–water partition coefficient (Wildman–Crippen LogP) is 3.83. The monoisotopic (exact) mass is 535 g/mol. The highest BCUT2D eigenvalue weighted by Crippen LogP contribution is 2.38. The number of aromatic nitrogens is 1. The number of halogens is 1. The highest BCUT2D eigenvalue weighted by molar-refractivity contribution is 7.15. The molecule has 2 aromatic carbocycles. The molecule has 9 nitrogen and oxygen atoms in total. The SMILES string of the molecule is CNCc1ncc(-c2cc(F)c(C(=O)NCc3ccc(C#N)cc3)cc2O[C@H]2CCN3C(=O)OC[C@@H]3C2)s1. The Morgan fingerprint density at radius 1 is 1.32 bits per heavy atom. The predicted molar refractivity (Wildman–Crippen MR) is 138 cm³/mol. The summed E-state index contributed by atoms with van der Waals surface area (Å²) in [7, 11) is 1.82. The number of benzene rings is 2. The quantitative estimate of drug-likeness (QED) is 0.450. The number of piperidine rings is 1. The van der Waals surface area contributed by atoms with Crippen LogP contribution in [-0.4, -0.2) is 54.2 Å². The van der Waals surface area contributed by atoms with Gasteiger partial charge >= 0.3 is 6.09 Å². The summed E-state index contributed by atoms with van der Waals surface area (Å²) in [6.07, 6.45) is 2.32. The van der Waals surface area contributed by atoms with E-state index in [-0.39, 0.29) is 30.3 Å². The number of carbonyl (C=O) groups is 2. The molecule has 3 heterocycles. The zero-order valence-corrected chi connectivity index (χ0v) is 21.5. The van der Waals surface area contributed by atoms with Crippen LogP contribution in [0.15, 0.2) is 42.6 Å². The van der Waals surface area contributed by atoms with Crippen LogP contribution in [0.25, 0.3) is 10.4 Å². The largest absolute Gasteiger partial charge is 0.490 e. The first-order valence-electron chi connectivity index (χ1n) is 12.3. The van der Waals surface area contributed by atoms with Gasteiger partial charge in [-0.2, -0.15) is 5.26 Å². The second kappa shape index (κ2) is 11.2. The van der Waals surface area contributed by atoms with E-state index in [0.717, 1.165) is 15.4 Å². The molecule has 2 amide bonds. The van der Waals surface area contributed by atoms with E-state index in [1.807, 2.05) is 13.1 Å². The number of fused-ring (bicyclic) bond motifs is 1. The zero-order valence-electron chi connectivity index (χ0n) is 20.7. The molecule has 11 heteroatoms. The van der Waals surface area contributed by atoms with E-state index in [4.69, 9.17) is 14.7 Å². The fraction of sp³-hybridized carbons (Fsp3) is 0.333. The average Bonchev–Trinajstić information content (AvgIpc) is 3.55. The van der Waals surface area contributed by atoms with Crippen LogP contribution in [-0.2, 0) is 17.8 Å². The van der Waals surface area contributed by atoms with Gasteiger partial charge in [0, 0.05) is 44.2 Å². The van der Waals surface area contributed by atoms with Crippen molar-refractivity contribution < 1.29 is 23.5 Å². The molecule has 196 valence electrons. The third-order valence-electron chi connectivity index (χ3n) is 6.59. The lowest BCUT2D eigenvalue weighted by Gasteiger charge is -2.33. The number of nitrogens with one attached hydrogen (secondary N) is 2. The molecule has 0 saturated carbocycles. The maximum Gasteiger partial charge on any atom is 0.410 e. The van der Waals surface area contributed by atoms with Gasteiger partial charge in [0.15, 0.2) is 0 Å². The normalized spacial score (nSPS) is 18.4. The molecule has 38 heavy (non-hydrogen) atoms. The van der Waals surface area contributed by atoms with Crippen molar-refractivity contribution in [3.05, 3.63) is 70.1 Å². The summed E-state index contributed by atoms with van der Waals surface area (Å²) < 4.78 is 26.8. The molecule has 0 aliphatic carbocycles. The topological polar surface area (TPSA) is 117 Å². The van der Waals surface area contributed by atoms with E-state index in [9.17, 15) is 9.59 Å². The molecular weight excluding hydrogens is 509 g/mol. The van der Waals surface area contributed by atoms with Gasteiger partial charge in [0.05, 0.1) is 28.1 Å². The van der Waals surface area contributed by atoms with Crippen LogP contribution in [0.3, 0.4) is 0 Å². The number of nitrogens with zero attached hydrogens (tertiary/aromatic N) is 3. The number of cyclic esters (lactones) is 1. The molecule has 0 spiro atoms. The van der Waals surface area contributed by atoms with E-state index in [0.29, 0.717) is 49.4 Å². The van der Waals surface area contributed by atoms with Crippen LogP contribution >= 0.6 is 11.3 Å². The second-order valence-electron chi connectivity index (χ2n) is 9.16. The molecule has 0 unspecified atom stereocenters. The Morgan fingerprint density at radius 3 is 2.89 bits per heavy atom. The van der Waals surface area contributed by atoms with Crippen LogP contribution in [0.4, 0.5) is 9.18 Å². The van der Waals surface area contributed by atoms with Gasteiger partial charge in [-0.05, 0) is 36.9 Å². The Balaban J connectivity index is 1.39. The van der Waals surface area contributed by atoms with Gasteiger partial charge in [0.2, 0.25) is 0 Å². The molecule has 2 aliphatic heterocycles. The number of rotatable bonds is 8. The van der Waals surface area contributed by atoms with Gasteiger partial charge in [0.25, 0.3) is 5.91 Å². The van der Waals surface area contributed by atoms with Gasteiger partial charge in [-0.3, -0.25) is 4.79 Å². The molecule has 3 aromatic rings. The molecule has 5 rings (SSSR count). The van der Waals surface area contributed by atoms with Crippen molar-refractivity contribution in [1.82, 2.24) is 20.5 Å². The summed E-state index contributed by atoms with van der Waals surface area (Å²) in [4.78, 5) is 31.7. The molecular formula is C27H26FN5O4S. The lowest BCUT2D eigenvalue weighted by Crippen LogP contribution is -2.44. The standard InChI is InChI=1S/C27H26FN5O4S/c1-30-14-25-31-13-24(38-25)21-9-22(28)20(26(34)32-12-17-4-2-16(11-29)3-5-17)10-23(21)37-19-6-7-33-18(8-19)15-36-27(33)35/h2-5,9-10,13,18-19,30H,6-8,12,14-15H2,1H3,(H,32,34)/t18-,19-/m0/s1. The van der Waals surface area contributed by atoms with E-state index >= 15 is 4.39 Å². The lowest BCUT2D eigenvalue weighted by molar-refractivity contribution is 0.0915. The molecule has 1 aromatic heterocycles. The first-order chi connectivity index (χ1) is 18.4. The minimum Gasteiger partial charge on any atom is -0.490 e. The van der Waals surface area contributed by atoms with E-state index < -0.39 is 11.7 Å². The van der Waals surface area contributed by atoms with Crippen LogP contribution in [0.1, 0.15) is 39.3 Å². The molecule has 2 N–H and O–H groups in total. The average molecular weight is 536 g/mol. The summed E-state index contributed by atoms with van der Waals surface area (Å²) in [6.45, 7) is 1.58. The van der Waals surface area contributed by atoms with Crippen molar-refractivity contribution in [3.63, 3.8) is 0 Å². The van der Waals surface area contributed by atoms with Crippen molar-refractivity contribution in [2.45, 2.75) is 38.1 Å². The van der Waals surface area contributed by atoms with Crippen LogP contribution in [0.5, 0.6) is 5.75 Å². The Morgan fingerprint density at radius 2 is 2.13 bits per heavy atom. The lowest BCUT2D eigenvalue weighted by atomic mass is 10.0. The van der Waals surface area contributed by atoms with Gasteiger partial charge in [-0.15, -0.1) is 11.3 Å². The molecule has 2 saturated heterocycles. The minimum absolute atomic E-state index is 0.0639. The number of nitriles is 1. The van der Waals surface area contributed by atoms with Crippen LogP contribution < -0.4 is 15.4 Å². The van der Waals surface area contributed by atoms with Crippen LogP contribution in [0.2, 0.25) is 0 Å². The third-order valence-corrected chi connectivity index (χ3v) is 7.62. The Kier molecular flexibility index (Phi) is 7.53. The first-order valence-corrected chi connectivity index (χ1v) is 13.1. The number of ether oxygens (including phenoxy) is 2. The molecule has 2 atom stereocenters. The van der Waals surface area contributed by atoms with Gasteiger partial charge in [-0.25, -0.2) is 14.2 Å². The van der Waals surface area contributed by atoms with Gasteiger partial charge in [0.1, 0.15) is 29.3 Å². The molecule has 0 radical (unpaired) electrons. The Hall–Kier alpha value is -4.01. The van der Waals surface area contributed by atoms with Crippen molar-refractivity contribution in [2.75, 3.05) is 20.2 Å². The second-order valence-corrected chi connectivity index (χ2v) is 10.3. The molecule has 0 bridgehead atoms. The third kappa shape index (κ3) is 5.46. The van der Waals surface area contributed by atoms with E-state index in [1.165, 1.54) is 23.5 Å². The number of amides is 2. The minimum atomic E-state index is -0.669. The Labute approximate surface area is 223 Å². The molecule has 2 aliphatic rings. The maximum absolute atomic E-state index is 15.3. The summed E-state index contributed by atoms with van der Waals surface area (Å²) in [6, 6.07) is 11.5.